The van der Waals surface area contributed by atoms with Crippen LogP contribution in [0.1, 0.15) is 16.9 Å². The van der Waals surface area contributed by atoms with Crippen LogP contribution in [-0.2, 0) is 0 Å². The fourth-order valence-electron chi connectivity index (χ4n) is 1.88. The van der Waals surface area contributed by atoms with Gasteiger partial charge in [0.1, 0.15) is 11.4 Å². The van der Waals surface area contributed by atoms with E-state index in [1.807, 2.05) is 18.2 Å². The van der Waals surface area contributed by atoms with E-state index >= 15 is 0 Å². The number of nitrogens with one attached hydrogen (secondary N) is 2. The molecule has 0 fully saturated rings. The van der Waals surface area contributed by atoms with Gasteiger partial charge >= 0.3 is 0 Å². The maximum absolute atomic E-state index is 12.0. The van der Waals surface area contributed by atoms with Gasteiger partial charge in [0, 0.05) is 12.4 Å². The van der Waals surface area contributed by atoms with Gasteiger partial charge in [-0.25, -0.2) is 0 Å². The van der Waals surface area contributed by atoms with Crippen LogP contribution in [0.25, 0.3) is 10.9 Å². The summed E-state index contributed by atoms with van der Waals surface area (Å²) in [4.78, 5) is 18.7. The molecule has 2 aromatic rings. The summed E-state index contributed by atoms with van der Waals surface area (Å²) in [5.41, 5.74) is 12.1. The third-order valence-electron chi connectivity index (χ3n) is 2.95. The third kappa shape index (κ3) is 3.51. The molecule has 0 aliphatic heterocycles. The Morgan fingerprint density at radius 2 is 2.29 bits per heavy atom. The number of H-pyrrole nitrogens is 1. The maximum atomic E-state index is 12.0. The van der Waals surface area contributed by atoms with E-state index in [4.69, 9.17) is 16.2 Å². The standard InChI is InChI=1S/C14H19N5O2/c1-17-14(16)19-13(20)10-8-9-4-2-5-11(12(9)18-10)21-7-3-6-15/h2,4-5,8,18H,3,6-7,15H2,1H3,(H3,16,17,19,20). The number of carbonyl (C=O) groups is 1. The molecule has 21 heavy (non-hydrogen) atoms. The predicted octanol–water partition coefficient (Wildman–Crippen LogP) is 0.570. The number of hydrogen-bond donors (Lipinski definition) is 4. The largest absolute Gasteiger partial charge is 0.491 e. The number of para-hydroxylation sites is 1. The summed E-state index contributed by atoms with van der Waals surface area (Å²) in [6.07, 6.45) is 0.772. The Hall–Kier alpha value is -2.54. The lowest BCUT2D eigenvalue weighted by molar-refractivity contribution is 0.0972. The zero-order valence-electron chi connectivity index (χ0n) is 11.8. The quantitative estimate of drug-likeness (QED) is 0.365. The lowest BCUT2D eigenvalue weighted by atomic mass is 10.2. The first kappa shape index (κ1) is 14.9. The van der Waals surface area contributed by atoms with E-state index in [9.17, 15) is 4.79 Å². The molecule has 7 nitrogen and oxygen atoms in total. The van der Waals surface area contributed by atoms with Crippen molar-refractivity contribution in [3.8, 4) is 5.75 Å². The Labute approximate surface area is 122 Å². The molecular weight excluding hydrogens is 270 g/mol. The van der Waals surface area contributed by atoms with Crippen LogP contribution in [0.2, 0.25) is 0 Å². The van der Waals surface area contributed by atoms with E-state index in [1.165, 1.54) is 7.05 Å². The first-order chi connectivity index (χ1) is 10.2. The second kappa shape index (κ2) is 6.76. The molecule has 6 N–H and O–H groups in total. The molecule has 1 aromatic heterocycles. The van der Waals surface area contributed by atoms with Gasteiger partial charge in [-0.3, -0.25) is 15.1 Å². The Morgan fingerprint density at radius 3 is 3.00 bits per heavy atom. The van der Waals surface area contributed by atoms with Crippen LogP contribution in [0.4, 0.5) is 0 Å². The van der Waals surface area contributed by atoms with Crippen molar-refractivity contribution < 1.29 is 9.53 Å². The van der Waals surface area contributed by atoms with Crippen LogP contribution in [0.5, 0.6) is 5.75 Å². The molecular formula is C14H19N5O2. The highest BCUT2D eigenvalue weighted by atomic mass is 16.5. The Morgan fingerprint density at radius 1 is 1.48 bits per heavy atom. The van der Waals surface area contributed by atoms with Gasteiger partial charge in [-0.05, 0) is 25.1 Å². The van der Waals surface area contributed by atoms with Crippen LogP contribution in [0.15, 0.2) is 29.3 Å². The number of guanidine groups is 1. The summed E-state index contributed by atoms with van der Waals surface area (Å²) in [6, 6.07) is 7.36. The number of carbonyl (C=O) groups excluding carboxylic acids is 1. The lowest BCUT2D eigenvalue weighted by Gasteiger charge is -2.06. The summed E-state index contributed by atoms with van der Waals surface area (Å²) in [5.74, 6) is 0.414. The van der Waals surface area contributed by atoms with E-state index in [1.54, 1.807) is 6.07 Å². The van der Waals surface area contributed by atoms with Crippen molar-refractivity contribution in [1.29, 1.82) is 0 Å². The number of rotatable bonds is 5. The third-order valence-corrected chi connectivity index (χ3v) is 2.95. The van der Waals surface area contributed by atoms with Crippen molar-refractivity contribution in [1.82, 2.24) is 10.3 Å². The zero-order valence-corrected chi connectivity index (χ0v) is 11.8. The second-order valence-corrected chi connectivity index (χ2v) is 4.46. The van der Waals surface area contributed by atoms with Gasteiger partial charge in [-0.15, -0.1) is 0 Å². The summed E-state index contributed by atoms with van der Waals surface area (Å²) in [6.45, 7) is 1.11. The number of hydrogen-bond acceptors (Lipinski definition) is 4. The molecule has 1 aromatic carbocycles. The van der Waals surface area contributed by atoms with E-state index in [-0.39, 0.29) is 11.9 Å². The monoisotopic (exact) mass is 289 g/mol. The van der Waals surface area contributed by atoms with Crippen molar-refractivity contribution in [3.05, 3.63) is 30.0 Å². The number of benzene rings is 1. The number of aromatic nitrogens is 1. The molecule has 2 rings (SSSR count). The fourth-order valence-corrected chi connectivity index (χ4v) is 1.88. The minimum atomic E-state index is -0.345. The highest BCUT2D eigenvalue weighted by Crippen LogP contribution is 2.25. The van der Waals surface area contributed by atoms with Gasteiger partial charge in [-0.1, -0.05) is 12.1 Å². The van der Waals surface area contributed by atoms with E-state index in [0.29, 0.717) is 24.6 Å². The second-order valence-electron chi connectivity index (χ2n) is 4.46. The number of nitrogens with two attached hydrogens (primary N) is 2. The molecule has 0 radical (unpaired) electrons. The number of fused-ring (bicyclic) bond motifs is 1. The van der Waals surface area contributed by atoms with Gasteiger partial charge in [0.05, 0.1) is 12.1 Å². The molecule has 1 heterocycles. The summed E-state index contributed by atoms with van der Waals surface area (Å²) in [7, 11) is 1.50. The Bertz CT molecular complexity index is 662. The number of aromatic amines is 1. The average Bonchev–Trinajstić information content (AvgIpc) is 2.92. The van der Waals surface area contributed by atoms with Gasteiger partial charge in [0.2, 0.25) is 0 Å². The Balaban J connectivity index is 2.24. The average molecular weight is 289 g/mol. The zero-order chi connectivity index (χ0) is 15.2. The topological polar surface area (TPSA) is 119 Å². The predicted molar refractivity (Wildman–Crippen MR) is 82.5 cm³/mol. The fraction of sp³-hybridized carbons (Fsp3) is 0.286. The molecule has 1 amide bonds. The molecule has 0 bridgehead atoms. The summed E-state index contributed by atoms with van der Waals surface area (Å²) in [5, 5.41) is 3.37. The van der Waals surface area contributed by atoms with Crippen LogP contribution in [-0.4, -0.2) is 37.1 Å². The Kier molecular flexibility index (Phi) is 4.78. The number of aliphatic imine (C=N–C) groups is 1. The minimum Gasteiger partial charge on any atom is -0.491 e. The van der Waals surface area contributed by atoms with Gasteiger partial charge < -0.3 is 21.2 Å². The molecule has 0 aliphatic rings. The van der Waals surface area contributed by atoms with E-state index < -0.39 is 0 Å². The van der Waals surface area contributed by atoms with Crippen molar-refractivity contribution in [2.75, 3.05) is 20.2 Å². The van der Waals surface area contributed by atoms with E-state index in [2.05, 4.69) is 15.3 Å². The first-order valence-electron chi connectivity index (χ1n) is 6.64. The van der Waals surface area contributed by atoms with Crippen LogP contribution >= 0.6 is 0 Å². The summed E-state index contributed by atoms with van der Waals surface area (Å²) >= 11 is 0. The molecule has 0 saturated carbocycles. The van der Waals surface area contributed by atoms with Crippen molar-refractivity contribution in [2.24, 2.45) is 16.5 Å². The highest BCUT2D eigenvalue weighted by Gasteiger charge is 2.12. The number of amides is 1. The molecule has 0 saturated heterocycles. The molecule has 0 atom stereocenters. The van der Waals surface area contributed by atoms with Crippen LogP contribution in [0.3, 0.4) is 0 Å². The summed E-state index contributed by atoms with van der Waals surface area (Å²) < 4.78 is 5.66. The molecule has 0 aliphatic carbocycles. The van der Waals surface area contributed by atoms with Crippen LogP contribution < -0.4 is 21.5 Å². The highest BCUT2D eigenvalue weighted by molar-refractivity contribution is 6.06. The van der Waals surface area contributed by atoms with Gasteiger partial charge in [0.25, 0.3) is 5.91 Å². The molecule has 7 heteroatoms. The lowest BCUT2D eigenvalue weighted by Crippen LogP contribution is -2.36. The normalized spacial score (nSPS) is 11.6. The SMILES string of the molecule is CN=C(N)NC(=O)c1cc2cccc(OCCCN)c2[nH]1. The van der Waals surface area contributed by atoms with Crippen molar-refractivity contribution >= 4 is 22.8 Å². The van der Waals surface area contributed by atoms with Gasteiger partial charge in [-0.2, -0.15) is 0 Å². The van der Waals surface area contributed by atoms with Gasteiger partial charge in [0.15, 0.2) is 5.96 Å². The smallest absolute Gasteiger partial charge is 0.274 e. The maximum Gasteiger partial charge on any atom is 0.274 e. The molecule has 112 valence electrons. The minimum absolute atomic E-state index is 0.0677. The van der Waals surface area contributed by atoms with Crippen molar-refractivity contribution in [2.45, 2.75) is 6.42 Å². The number of ether oxygens (including phenoxy) is 1. The van der Waals surface area contributed by atoms with E-state index in [0.717, 1.165) is 17.3 Å². The molecule has 0 unspecified atom stereocenters. The number of nitrogens with zero attached hydrogens (tertiary/aromatic N) is 1. The first-order valence-corrected chi connectivity index (χ1v) is 6.64. The molecule has 0 spiro atoms. The van der Waals surface area contributed by atoms with Crippen molar-refractivity contribution in [3.63, 3.8) is 0 Å². The van der Waals surface area contributed by atoms with Crippen LogP contribution in [0, 0.1) is 0 Å².